The Morgan fingerprint density at radius 1 is 0.500 bits per heavy atom. The van der Waals surface area contributed by atoms with Crippen LogP contribution in [-0.4, -0.2) is 15.0 Å². The van der Waals surface area contributed by atoms with Crippen LogP contribution in [0.15, 0.2) is 169 Å². The summed E-state index contributed by atoms with van der Waals surface area (Å²) in [5.74, 6) is 0. The van der Waals surface area contributed by atoms with Crippen LogP contribution in [0.2, 0.25) is 0 Å². The van der Waals surface area contributed by atoms with Crippen molar-refractivity contribution in [2.75, 3.05) is 0 Å². The Morgan fingerprint density at radius 3 is 2.03 bits per heavy atom. The van der Waals surface area contributed by atoms with E-state index in [1.807, 2.05) is 55.1 Å². The molecule has 0 saturated heterocycles. The first-order valence-electron chi connectivity index (χ1n) is 19.2. The van der Waals surface area contributed by atoms with E-state index in [1.54, 1.807) is 0 Å². The fourth-order valence-electron chi connectivity index (χ4n) is 7.49. The van der Waals surface area contributed by atoms with Crippen LogP contribution in [0.3, 0.4) is 0 Å². The molecule has 0 amide bonds. The van der Waals surface area contributed by atoms with Gasteiger partial charge in [-0.15, -0.1) is 53.6 Å². The predicted octanol–water partition coefficient (Wildman–Crippen LogP) is 13.8. The Morgan fingerprint density at radius 2 is 1.28 bits per heavy atom. The summed E-state index contributed by atoms with van der Waals surface area (Å²) in [6, 6.07) is 54.9. The molecule has 6 aromatic carbocycles. The van der Waals surface area contributed by atoms with Crippen molar-refractivity contribution >= 4 is 32.7 Å². The van der Waals surface area contributed by atoms with E-state index in [4.69, 9.17) is 9.40 Å². The maximum absolute atomic E-state index is 6.92. The van der Waals surface area contributed by atoms with Gasteiger partial charge in [0.15, 0.2) is 0 Å². The van der Waals surface area contributed by atoms with E-state index in [-0.39, 0.29) is 20.1 Å². The Kier molecular flexibility index (Phi) is 10.9. The molecule has 0 aliphatic rings. The van der Waals surface area contributed by atoms with Crippen molar-refractivity contribution in [1.82, 2.24) is 15.0 Å². The second-order valence-electron chi connectivity index (χ2n) is 14.5. The van der Waals surface area contributed by atoms with Gasteiger partial charge >= 0.3 is 0 Å². The number of aromatic nitrogens is 3. The first-order chi connectivity index (χ1) is 27.9. The van der Waals surface area contributed by atoms with Crippen molar-refractivity contribution in [1.29, 1.82) is 0 Å². The van der Waals surface area contributed by atoms with Gasteiger partial charge in [-0.3, -0.25) is 4.98 Å². The van der Waals surface area contributed by atoms with E-state index in [9.17, 15) is 0 Å². The fourth-order valence-corrected chi connectivity index (χ4v) is 7.49. The van der Waals surface area contributed by atoms with Gasteiger partial charge in [-0.05, 0) is 88.6 Å². The monoisotopic (exact) mass is 926 g/mol. The van der Waals surface area contributed by atoms with Gasteiger partial charge in [-0.1, -0.05) is 120 Å². The third-order valence-corrected chi connectivity index (χ3v) is 10.7. The van der Waals surface area contributed by atoms with Crippen LogP contribution in [0.1, 0.15) is 22.3 Å². The number of aryl methyl sites for hydroxylation is 4. The topological polar surface area (TPSA) is 51.8 Å². The molecule has 283 valence electrons. The summed E-state index contributed by atoms with van der Waals surface area (Å²) in [5, 5.41) is 4.42. The number of furan rings is 1. The molecule has 4 aromatic heterocycles. The van der Waals surface area contributed by atoms with Crippen molar-refractivity contribution in [3.8, 4) is 55.9 Å². The zero-order chi connectivity index (χ0) is 38.9. The number of fused-ring (bicyclic) bond motifs is 4. The Hall–Kier alpha value is -6.52. The van der Waals surface area contributed by atoms with Crippen LogP contribution >= 0.6 is 0 Å². The van der Waals surface area contributed by atoms with Crippen LogP contribution in [0.25, 0.3) is 88.6 Å². The molecular weight excluding hydrogens is 887 g/mol. The standard InChI is InChI=1S/C39H25N2O.C14H14N.Ir/c1-25-23-40-24-35-29(25)14-8-15-31(35)32-19-18-30(27-12-6-3-7-13-27)37-34-17-9-16-33(38(34)42-39(32)37)36-22-28(20-21-41-36)26-10-4-2-5-11-26;1-10-4-6-13(7-5-10)14-8-11(2)12(3)9-15-14;/h2-15,17-24H,1H3;4-6,8-9H,1-3H3;/q2*-1;. The van der Waals surface area contributed by atoms with Crippen LogP contribution in [-0.2, 0) is 20.1 Å². The molecule has 0 atom stereocenters. The van der Waals surface area contributed by atoms with Crippen LogP contribution in [0.5, 0.6) is 0 Å². The number of rotatable bonds is 5. The minimum atomic E-state index is 0. The zero-order valence-corrected chi connectivity index (χ0v) is 35.1. The molecule has 0 unspecified atom stereocenters. The molecule has 0 spiro atoms. The summed E-state index contributed by atoms with van der Waals surface area (Å²) in [6.07, 6.45) is 7.65. The molecule has 0 N–H and O–H groups in total. The van der Waals surface area contributed by atoms with Crippen molar-refractivity contribution < 1.29 is 24.5 Å². The summed E-state index contributed by atoms with van der Waals surface area (Å²) < 4.78 is 6.92. The Bertz CT molecular complexity index is 3050. The molecular formula is C53H39IrN3O-2. The SMILES string of the molecule is Cc1c[c-]c(-c2cc(C)c(C)cn2)cc1.Cc1cncc2c(-c3ccc(-c4ccccc4)c4c3oc3c(-c5cc(-c6ccccc6)ccn5)[c-]ccc34)cccc12.[Ir]. The van der Waals surface area contributed by atoms with Crippen LogP contribution in [0, 0.1) is 39.8 Å². The van der Waals surface area contributed by atoms with Gasteiger partial charge in [0.2, 0.25) is 0 Å². The maximum atomic E-state index is 6.92. The Balaban J connectivity index is 0.000000248. The second-order valence-corrected chi connectivity index (χ2v) is 14.5. The third-order valence-electron chi connectivity index (χ3n) is 10.7. The minimum absolute atomic E-state index is 0. The molecule has 0 saturated carbocycles. The van der Waals surface area contributed by atoms with Gasteiger partial charge in [0.1, 0.15) is 5.58 Å². The average molecular weight is 926 g/mol. The molecule has 4 heterocycles. The molecule has 0 aliphatic carbocycles. The molecule has 0 bridgehead atoms. The smallest absolute Gasteiger partial charge is 0.129 e. The van der Waals surface area contributed by atoms with E-state index in [1.165, 1.54) is 22.1 Å². The number of hydrogen-bond acceptors (Lipinski definition) is 4. The molecule has 4 nitrogen and oxygen atoms in total. The summed E-state index contributed by atoms with van der Waals surface area (Å²) >= 11 is 0. The third kappa shape index (κ3) is 7.39. The first kappa shape index (κ1) is 38.4. The zero-order valence-electron chi connectivity index (χ0n) is 32.7. The molecule has 58 heavy (non-hydrogen) atoms. The van der Waals surface area contributed by atoms with Crippen molar-refractivity contribution in [2.45, 2.75) is 27.7 Å². The molecule has 1 radical (unpaired) electrons. The summed E-state index contributed by atoms with van der Waals surface area (Å²) in [4.78, 5) is 13.7. The molecule has 0 fully saturated rings. The van der Waals surface area contributed by atoms with E-state index in [0.717, 1.165) is 88.8 Å². The Labute approximate surface area is 352 Å². The molecule has 0 aliphatic heterocycles. The van der Waals surface area contributed by atoms with Gasteiger partial charge < -0.3 is 14.4 Å². The largest absolute Gasteiger partial charge is 0.500 e. The quantitative estimate of drug-likeness (QED) is 0.161. The van der Waals surface area contributed by atoms with Crippen LogP contribution in [0.4, 0.5) is 0 Å². The maximum Gasteiger partial charge on any atom is 0.129 e. The number of pyridine rings is 3. The van der Waals surface area contributed by atoms with Gasteiger partial charge in [-0.25, -0.2) is 0 Å². The van der Waals surface area contributed by atoms with Gasteiger partial charge in [-0.2, -0.15) is 0 Å². The normalized spacial score (nSPS) is 11.0. The minimum Gasteiger partial charge on any atom is -0.500 e. The second kappa shape index (κ2) is 16.5. The van der Waals surface area contributed by atoms with E-state index in [2.05, 4.69) is 159 Å². The molecule has 10 rings (SSSR count). The van der Waals surface area contributed by atoms with Crippen molar-refractivity contribution in [3.05, 3.63) is 199 Å². The van der Waals surface area contributed by atoms with Gasteiger partial charge in [0, 0.05) is 61.2 Å². The number of nitrogens with zero attached hydrogens (tertiary/aromatic N) is 3. The van der Waals surface area contributed by atoms with Gasteiger partial charge in [0.05, 0.1) is 5.58 Å². The van der Waals surface area contributed by atoms with Crippen molar-refractivity contribution in [3.63, 3.8) is 0 Å². The van der Waals surface area contributed by atoms with E-state index in [0.29, 0.717) is 0 Å². The molecule has 5 heteroatoms. The van der Waals surface area contributed by atoms with E-state index >= 15 is 0 Å². The van der Waals surface area contributed by atoms with Crippen molar-refractivity contribution in [2.24, 2.45) is 0 Å². The number of hydrogen-bond donors (Lipinski definition) is 0. The summed E-state index contributed by atoms with van der Waals surface area (Å²) in [5.41, 5.74) is 16.9. The average Bonchev–Trinajstić information content (AvgIpc) is 3.66. The van der Waals surface area contributed by atoms with E-state index < -0.39 is 0 Å². The molecule has 10 aromatic rings. The van der Waals surface area contributed by atoms with Crippen LogP contribution < -0.4 is 0 Å². The number of benzene rings is 6. The summed E-state index contributed by atoms with van der Waals surface area (Å²) in [7, 11) is 0. The fraction of sp³-hybridized carbons (Fsp3) is 0.0755. The predicted molar refractivity (Wildman–Crippen MR) is 235 cm³/mol. The summed E-state index contributed by atoms with van der Waals surface area (Å²) in [6.45, 7) is 8.35. The van der Waals surface area contributed by atoms with Gasteiger partial charge in [0.25, 0.3) is 0 Å². The first-order valence-corrected chi connectivity index (χ1v) is 19.2.